The Labute approximate surface area is 215 Å². The number of benzene rings is 2. The molecule has 1 saturated carbocycles. The van der Waals surface area contributed by atoms with Gasteiger partial charge in [-0.05, 0) is 30.2 Å². The summed E-state index contributed by atoms with van der Waals surface area (Å²) in [5.41, 5.74) is 0.357. The average molecular weight is 561 g/mol. The van der Waals surface area contributed by atoms with E-state index in [1.165, 1.54) is 12.1 Å². The summed E-state index contributed by atoms with van der Waals surface area (Å²) in [6.45, 7) is -0.218. The van der Waals surface area contributed by atoms with Crippen LogP contribution in [0.15, 0.2) is 53.6 Å². The third-order valence-corrected chi connectivity index (χ3v) is 8.94. The lowest BCUT2D eigenvalue weighted by Gasteiger charge is -2.40. The summed E-state index contributed by atoms with van der Waals surface area (Å²) >= 11 is 12.6. The molecule has 1 aliphatic carbocycles. The summed E-state index contributed by atoms with van der Waals surface area (Å²) in [7, 11) is -3.97. The van der Waals surface area contributed by atoms with Gasteiger partial charge in [-0.25, -0.2) is 8.42 Å². The molecule has 2 aromatic carbocycles. The fourth-order valence-corrected chi connectivity index (χ4v) is 7.02. The molecule has 5 rings (SSSR count). The molecule has 0 bridgehead atoms. The Morgan fingerprint density at radius 3 is 2.33 bits per heavy atom. The quantitative estimate of drug-likeness (QED) is 0.486. The summed E-state index contributed by atoms with van der Waals surface area (Å²) in [6, 6.07) is 11.3. The number of aromatic nitrogens is 1. The van der Waals surface area contributed by atoms with Crippen molar-refractivity contribution in [2.45, 2.75) is 29.1 Å². The number of carbonyl (C=O) groups is 1. The minimum atomic E-state index is -4.96. The van der Waals surface area contributed by atoms with Crippen molar-refractivity contribution in [3.8, 4) is 0 Å². The van der Waals surface area contributed by atoms with Gasteiger partial charge in [0.15, 0.2) is 0 Å². The molecular formula is C23H21Cl2F3N4O3S. The van der Waals surface area contributed by atoms with Gasteiger partial charge < -0.3 is 9.88 Å². The van der Waals surface area contributed by atoms with Crippen molar-refractivity contribution in [2.75, 3.05) is 26.2 Å². The number of hydrogen-bond acceptors (Lipinski definition) is 4. The van der Waals surface area contributed by atoms with Crippen molar-refractivity contribution in [1.82, 2.24) is 19.5 Å². The summed E-state index contributed by atoms with van der Waals surface area (Å²) in [6.07, 6.45) is -2.99. The predicted octanol–water partition coefficient (Wildman–Crippen LogP) is 4.34. The number of fused-ring (bicyclic) bond motifs is 1. The van der Waals surface area contributed by atoms with E-state index in [-0.39, 0.29) is 37.0 Å². The van der Waals surface area contributed by atoms with E-state index in [0.29, 0.717) is 27.4 Å². The number of amides is 1. The number of rotatable bonds is 5. The molecule has 36 heavy (non-hydrogen) atoms. The van der Waals surface area contributed by atoms with Gasteiger partial charge in [0.2, 0.25) is 10.0 Å². The lowest BCUT2D eigenvalue weighted by molar-refractivity contribution is -0.187. The predicted molar refractivity (Wildman–Crippen MR) is 129 cm³/mol. The molecule has 0 spiro atoms. The van der Waals surface area contributed by atoms with E-state index in [1.807, 2.05) is 4.90 Å². The first-order valence-electron chi connectivity index (χ1n) is 11.1. The van der Waals surface area contributed by atoms with Crippen LogP contribution in [0.2, 0.25) is 10.0 Å². The van der Waals surface area contributed by atoms with Gasteiger partial charge in [0, 0.05) is 43.7 Å². The highest BCUT2D eigenvalue weighted by atomic mass is 35.5. The van der Waals surface area contributed by atoms with Crippen LogP contribution in [-0.2, 0) is 14.8 Å². The molecule has 1 aliphatic heterocycles. The van der Waals surface area contributed by atoms with Crippen molar-refractivity contribution in [1.29, 1.82) is 0 Å². The molecular weight excluding hydrogens is 540 g/mol. The highest BCUT2D eigenvalue weighted by Crippen LogP contribution is 2.56. The van der Waals surface area contributed by atoms with Crippen molar-refractivity contribution in [3.63, 3.8) is 0 Å². The van der Waals surface area contributed by atoms with Gasteiger partial charge in [0.1, 0.15) is 0 Å². The first-order valence-corrected chi connectivity index (χ1v) is 13.3. The molecule has 2 fully saturated rings. The first-order chi connectivity index (χ1) is 16.9. The number of sulfonamides is 1. The van der Waals surface area contributed by atoms with Crippen molar-refractivity contribution in [3.05, 3.63) is 64.3 Å². The molecule has 2 unspecified atom stereocenters. The van der Waals surface area contributed by atoms with Gasteiger partial charge in [-0.1, -0.05) is 47.5 Å². The number of nitrogens with zero attached hydrogens (tertiary/aromatic N) is 2. The van der Waals surface area contributed by atoms with Gasteiger partial charge in [-0.15, -0.1) is 0 Å². The summed E-state index contributed by atoms with van der Waals surface area (Å²) in [4.78, 5) is 17.4. The molecule has 192 valence electrons. The number of hydrogen-bond donors (Lipinski definition) is 2. The molecule has 2 heterocycles. The Hall–Kier alpha value is -2.31. The molecule has 0 radical (unpaired) electrons. The lowest BCUT2D eigenvalue weighted by Crippen LogP contribution is -2.60. The molecule has 1 amide bonds. The molecule has 13 heteroatoms. The number of alkyl halides is 3. The van der Waals surface area contributed by atoms with Crippen LogP contribution in [0, 0.1) is 0 Å². The third-order valence-electron chi connectivity index (χ3n) is 6.81. The Morgan fingerprint density at radius 1 is 1.03 bits per heavy atom. The summed E-state index contributed by atoms with van der Waals surface area (Å²) < 4.78 is 68.3. The van der Waals surface area contributed by atoms with E-state index in [0.717, 1.165) is 10.5 Å². The van der Waals surface area contributed by atoms with Gasteiger partial charge in [0.05, 0.1) is 26.1 Å². The van der Waals surface area contributed by atoms with Crippen LogP contribution in [0.25, 0.3) is 10.9 Å². The normalized spacial score (nSPS) is 23.2. The topological polar surface area (TPSA) is 85.5 Å². The van der Waals surface area contributed by atoms with Crippen LogP contribution in [0.5, 0.6) is 0 Å². The fraction of sp³-hybridized carbons (Fsp3) is 0.348. The molecule has 2 atom stereocenters. The maximum Gasteiger partial charge on any atom is 0.471 e. The Bertz CT molecular complexity index is 1420. The Kier molecular flexibility index (Phi) is 6.27. The zero-order valence-corrected chi connectivity index (χ0v) is 21.0. The van der Waals surface area contributed by atoms with Crippen LogP contribution in [-0.4, -0.2) is 67.1 Å². The highest BCUT2D eigenvalue weighted by Gasteiger charge is 2.62. The number of carbonyl (C=O) groups excluding carboxylic acids is 1. The molecule has 2 aliphatic rings. The zero-order valence-electron chi connectivity index (χ0n) is 18.6. The lowest BCUT2D eigenvalue weighted by atomic mass is 10.1. The summed E-state index contributed by atoms with van der Waals surface area (Å²) in [5.74, 6) is -2.23. The van der Waals surface area contributed by atoms with Crippen LogP contribution in [0.4, 0.5) is 13.2 Å². The Morgan fingerprint density at radius 2 is 1.69 bits per heavy atom. The number of aromatic amines is 1. The maximum atomic E-state index is 13.3. The van der Waals surface area contributed by atoms with Crippen LogP contribution >= 0.6 is 23.2 Å². The molecule has 2 N–H and O–H groups in total. The standard InChI is InChI=1S/C23H21Cl2F3N4O3S/c24-17-7-6-15(20-19(17)18(25)13-29-20)16-12-22(16,30-36(34,35)14-4-2-1-3-5-14)32-10-8-31(9-11-32)21(33)23(26,27)28/h1-7,13,16,29-30H,8-12H2. The average Bonchev–Trinajstić information content (AvgIpc) is 3.41. The van der Waals surface area contributed by atoms with Crippen LogP contribution in [0.3, 0.4) is 0 Å². The molecule has 7 nitrogen and oxygen atoms in total. The first kappa shape index (κ1) is 25.3. The van der Waals surface area contributed by atoms with E-state index in [4.69, 9.17) is 23.2 Å². The SMILES string of the molecule is O=C(N1CCN(C2(NS(=O)(=O)c3ccccc3)CC2c2ccc(Cl)c3c(Cl)c[nH]c23)CC1)C(F)(F)F. The number of nitrogens with one attached hydrogen (secondary N) is 2. The third kappa shape index (κ3) is 4.37. The number of H-pyrrole nitrogens is 1. The van der Waals surface area contributed by atoms with E-state index in [9.17, 15) is 26.4 Å². The molecule has 3 aromatic rings. The highest BCUT2D eigenvalue weighted by molar-refractivity contribution is 7.89. The monoisotopic (exact) mass is 560 g/mol. The van der Waals surface area contributed by atoms with Crippen LogP contribution in [0.1, 0.15) is 17.9 Å². The number of piperazine rings is 1. The minimum absolute atomic E-state index is 0.0673. The summed E-state index contributed by atoms with van der Waals surface area (Å²) in [5, 5.41) is 1.48. The van der Waals surface area contributed by atoms with Crippen molar-refractivity contribution < 1.29 is 26.4 Å². The van der Waals surface area contributed by atoms with Crippen molar-refractivity contribution >= 4 is 50.0 Å². The second kappa shape index (κ2) is 8.91. The maximum absolute atomic E-state index is 13.3. The van der Waals surface area contributed by atoms with Gasteiger partial charge in [-0.2, -0.15) is 17.9 Å². The van der Waals surface area contributed by atoms with E-state index < -0.39 is 27.8 Å². The fourth-order valence-electron chi connectivity index (χ4n) is 5.01. The second-order valence-corrected chi connectivity index (χ2v) is 11.4. The molecule has 1 aromatic heterocycles. The van der Waals surface area contributed by atoms with E-state index in [2.05, 4.69) is 9.71 Å². The van der Waals surface area contributed by atoms with Crippen LogP contribution < -0.4 is 4.72 Å². The number of halogens is 5. The second-order valence-electron chi connectivity index (χ2n) is 8.90. The smallest absolute Gasteiger partial charge is 0.359 e. The van der Waals surface area contributed by atoms with Crippen molar-refractivity contribution in [2.24, 2.45) is 0 Å². The Balaban J connectivity index is 1.49. The van der Waals surface area contributed by atoms with Gasteiger partial charge in [0.25, 0.3) is 0 Å². The van der Waals surface area contributed by atoms with E-state index in [1.54, 1.807) is 36.5 Å². The molecule has 1 saturated heterocycles. The van der Waals surface area contributed by atoms with E-state index >= 15 is 0 Å². The van der Waals surface area contributed by atoms with Gasteiger partial charge >= 0.3 is 12.1 Å². The zero-order chi connectivity index (χ0) is 25.9. The largest absolute Gasteiger partial charge is 0.471 e. The minimum Gasteiger partial charge on any atom is -0.359 e. The van der Waals surface area contributed by atoms with Gasteiger partial charge in [-0.3, -0.25) is 9.69 Å².